The number of nitrogens with one attached hydrogen (secondary N) is 1. The molecule has 3 N–H and O–H groups in total. The highest BCUT2D eigenvalue weighted by Crippen LogP contribution is 2.18. The quantitative estimate of drug-likeness (QED) is 0.776. The van der Waals surface area contributed by atoms with E-state index in [-0.39, 0.29) is 5.95 Å². The molecule has 0 saturated heterocycles. The van der Waals surface area contributed by atoms with Crippen molar-refractivity contribution in [1.29, 1.82) is 0 Å². The summed E-state index contributed by atoms with van der Waals surface area (Å²) in [5.41, 5.74) is 7.67. The predicted octanol–water partition coefficient (Wildman–Crippen LogP) is 0.780. The molecule has 0 saturated carbocycles. The lowest BCUT2D eigenvalue weighted by Gasteiger charge is -2.12. The van der Waals surface area contributed by atoms with Crippen molar-refractivity contribution in [2.45, 2.75) is 33.4 Å². The monoisotopic (exact) mass is 291 g/mol. The van der Waals surface area contributed by atoms with Gasteiger partial charge in [-0.3, -0.25) is 0 Å². The molecule has 2 rings (SSSR count). The number of nitrogens with zero attached hydrogens (tertiary/aromatic N) is 5. The lowest BCUT2D eigenvalue weighted by molar-refractivity contribution is 0.186. The van der Waals surface area contributed by atoms with Crippen molar-refractivity contribution in [3.63, 3.8) is 0 Å². The highest BCUT2D eigenvalue weighted by atomic mass is 16.5. The molecule has 0 aliphatic rings. The van der Waals surface area contributed by atoms with E-state index in [1.807, 2.05) is 11.5 Å². The molecule has 0 atom stereocenters. The highest BCUT2D eigenvalue weighted by Gasteiger charge is 2.10. The number of rotatable bonds is 7. The molecule has 0 aliphatic carbocycles. The first-order valence-corrected chi connectivity index (χ1v) is 6.88. The Hall–Kier alpha value is -2.22. The SMILES string of the molecule is CCc1c(C)nc(N)nc1NCc1nncn1CCOC. The number of hydrogen-bond donors (Lipinski definition) is 2. The van der Waals surface area contributed by atoms with Crippen LogP contribution in [0.1, 0.15) is 24.0 Å². The molecule has 0 spiro atoms. The van der Waals surface area contributed by atoms with Crippen LogP contribution in [-0.2, 0) is 24.2 Å². The van der Waals surface area contributed by atoms with Crippen LogP contribution in [0.3, 0.4) is 0 Å². The van der Waals surface area contributed by atoms with Crippen molar-refractivity contribution in [3.05, 3.63) is 23.4 Å². The topological polar surface area (TPSA) is 104 Å². The summed E-state index contributed by atoms with van der Waals surface area (Å²) in [4.78, 5) is 8.45. The van der Waals surface area contributed by atoms with Gasteiger partial charge < -0.3 is 20.4 Å². The largest absolute Gasteiger partial charge is 0.383 e. The van der Waals surface area contributed by atoms with Gasteiger partial charge in [0.05, 0.1) is 13.2 Å². The Morgan fingerprint density at radius 3 is 2.90 bits per heavy atom. The summed E-state index contributed by atoms with van der Waals surface area (Å²) in [6, 6.07) is 0. The smallest absolute Gasteiger partial charge is 0.222 e. The maximum Gasteiger partial charge on any atom is 0.222 e. The maximum absolute atomic E-state index is 5.72. The van der Waals surface area contributed by atoms with Crippen LogP contribution in [0.15, 0.2) is 6.33 Å². The average molecular weight is 291 g/mol. The van der Waals surface area contributed by atoms with Gasteiger partial charge in [0.1, 0.15) is 12.1 Å². The van der Waals surface area contributed by atoms with Gasteiger partial charge in [0.2, 0.25) is 5.95 Å². The van der Waals surface area contributed by atoms with Gasteiger partial charge in [0.25, 0.3) is 0 Å². The van der Waals surface area contributed by atoms with Crippen LogP contribution >= 0.6 is 0 Å². The number of nitrogen functional groups attached to an aromatic ring is 1. The third-order valence-corrected chi connectivity index (χ3v) is 3.23. The van der Waals surface area contributed by atoms with Crippen molar-refractivity contribution in [2.24, 2.45) is 0 Å². The Labute approximate surface area is 123 Å². The van der Waals surface area contributed by atoms with Crippen molar-refractivity contribution in [2.75, 3.05) is 24.8 Å². The molecule has 0 radical (unpaired) electrons. The first kappa shape index (κ1) is 15.2. The zero-order valence-corrected chi connectivity index (χ0v) is 12.6. The standard InChI is InChI=1S/C13H21N7O/c1-4-10-9(2)17-13(14)18-12(10)15-7-11-19-16-8-20(11)5-6-21-3/h8H,4-7H2,1-3H3,(H3,14,15,17,18). The number of hydrogen-bond acceptors (Lipinski definition) is 7. The van der Waals surface area contributed by atoms with Crippen LogP contribution in [0, 0.1) is 6.92 Å². The van der Waals surface area contributed by atoms with Gasteiger partial charge >= 0.3 is 0 Å². The van der Waals surface area contributed by atoms with E-state index in [2.05, 4.69) is 32.4 Å². The van der Waals surface area contributed by atoms with E-state index in [1.165, 1.54) is 0 Å². The van der Waals surface area contributed by atoms with Gasteiger partial charge in [-0.15, -0.1) is 10.2 Å². The van der Waals surface area contributed by atoms with Crippen molar-refractivity contribution < 1.29 is 4.74 Å². The zero-order chi connectivity index (χ0) is 15.2. The third-order valence-electron chi connectivity index (χ3n) is 3.23. The van der Waals surface area contributed by atoms with Crippen LogP contribution in [0.25, 0.3) is 0 Å². The van der Waals surface area contributed by atoms with E-state index in [0.717, 1.165) is 29.3 Å². The molecule has 2 aromatic heterocycles. The normalized spacial score (nSPS) is 10.8. The fourth-order valence-electron chi connectivity index (χ4n) is 2.14. The second-order valence-electron chi connectivity index (χ2n) is 4.63. The van der Waals surface area contributed by atoms with E-state index in [4.69, 9.17) is 10.5 Å². The van der Waals surface area contributed by atoms with Crippen molar-refractivity contribution in [1.82, 2.24) is 24.7 Å². The van der Waals surface area contributed by atoms with Gasteiger partial charge in [0, 0.05) is 24.9 Å². The summed E-state index contributed by atoms with van der Waals surface area (Å²) in [5.74, 6) is 1.85. The molecule has 0 aliphatic heterocycles. The molecule has 114 valence electrons. The molecular weight excluding hydrogens is 270 g/mol. The second kappa shape index (κ2) is 6.98. The first-order valence-electron chi connectivity index (χ1n) is 6.88. The minimum absolute atomic E-state index is 0.271. The Bertz CT molecular complexity index is 596. The fourth-order valence-corrected chi connectivity index (χ4v) is 2.14. The van der Waals surface area contributed by atoms with Crippen LogP contribution in [-0.4, -0.2) is 38.4 Å². The van der Waals surface area contributed by atoms with E-state index >= 15 is 0 Å². The molecule has 8 nitrogen and oxygen atoms in total. The molecule has 0 aromatic carbocycles. The number of nitrogens with two attached hydrogens (primary N) is 1. The summed E-state index contributed by atoms with van der Waals surface area (Å²) in [7, 11) is 1.67. The van der Waals surface area contributed by atoms with Crippen LogP contribution in [0.4, 0.5) is 11.8 Å². The molecular formula is C13H21N7O. The van der Waals surface area contributed by atoms with E-state index < -0.39 is 0 Å². The van der Waals surface area contributed by atoms with Gasteiger partial charge in [-0.2, -0.15) is 4.98 Å². The number of aryl methyl sites for hydroxylation is 1. The summed E-state index contributed by atoms with van der Waals surface area (Å²) in [6.07, 6.45) is 2.53. The minimum atomic E-state index is 0.271. The number of ether oxygens (including phenoxy) is 1. The molecule has 21 heavy (non-hydrogen) atoms. The molecule has 0 unspecified atom stereocenters. The molecule has 2 heterocycles. The average Bonchev–Trinajstić information content (AvgIpc) is 2.89. The lowest BCUT2D eigenvalue weighted by Crippen LogP contribution is -2.14. The predicted molar refractivity (Wildman–Crippen MR) is 79.8 cm³/mol. The second-order valence-corrected chi connectivity index (χ2v) is 4.63. The summed E-state index contributed by atoms with van der Waals surface area (Å²) in [6.45, 7) is 5.85. The maximum atomic E-state index is 5.72. The number of aromatic nitrogens is 5. The summed E-state index contributed by atoms with van der Waals surface area (Å²) >= 11 is 0. The Morgan fingerprint density at radius 2 is 2.19 bits per heavy atom. The van der Waals surface area contributed by atoms with Crippen LogP contribution < -0.4 is 11.1 Å². The van der Waals surface area contributed by atoms with Gasteiger partial charge in [-0.1, -0.05) is 6.92 Å². The van der Waals surface area contributed by atoms with Crippen LogP contribution in [0.2, 0.25) is 0 Å². The minimum Gasteiger partial charge on any atom is -0.383 e. The Balaban J connectivity index is 2.11. The van der Waals surface area contributed by atoms with E-state index in [1.54, 1.807) is 13.4 Å². The molecule has 0 amide bonds. The number of anilines is 2. The number of methoxy groups -OCH3 is 1. The Morgan fingerprint density at radius 1 is 1.38 bits per heavy atom. The molecule has 2 aromatic rings. The van der Waals surface area contributed by atoms with Crippen molar-refractivity contribution >= 4 is 11.8 Å². The Kier molecular flexibility index (Phi) is 5.04. The fraction of sp³-hybridized carbons (Fsp3) is 0.538. The third kappa shape index (κ3) is 3.66. The van der Waals surface area contributed by atoms with Gasteiger partial charge in [-0.25, -0.2) is 4.98 Å². The zero-order valence-electron chi connectivity index (χ0n) is 12.6. The van der Waals surface area contributed by atoms with Gasteiger partial charge in [-0.05, 0) is 13.3 Å². The van der Waals surface area contributed by atoms with E-state index in [0.29, 0.717) is 19.7 Å². The van der Waals surface area contributed by atoms with Gasteiger partial charge in [0.15, 0.2) is 5.82 Å². The van der Waals surface area contributed by atoms with Crippen molar-refractivity contribution in [3.8, 4) is 0 Å². The van der Waals surface area contributed by atoms with Crippen LogP contribution in [0.5, 0.6) is 0 Å². The molecule has 0 fully saturated rings. The summed E-state index contributed by atoms with van der Waals surface area (Å²) in [5, 5.41) is 11.3. The lowest BCUT2D eigenvalue weighted by atomic mass is 10.1. The van der Waals surface area contributed by atoms with E-state index in [9.17, 15) is 0 Å². The molecule has 0 bridgehead atoms. The summed E-state index contributed by atoms with van der Waals surface area (Å²) < 4.78 is 7.01. The highest BCUT2D eigenvalue weighted by molar-refractivity contribution is 5.49. The molecule has 8 heteroatoms. The first-order chi connectivity index (χ1) is 10.2.